The number of unbranched alkanes of at least 4 members (excludes halogenated alkanes) is 10. The van der Waals surface area contributed by atoms with Crippen molar-refractivity contribution in [2.45, 2.75) is 84.0 Å². The molecule has 0 aliphatic heterocycles. The molecule has 0 atom stereocenters. The molecule has 4 rings (SSSR count). The number of halogens is 4. The van der Waals surface area contributed by atoms with Crippen molar-refractivity contribution in [1.82, 2.24) is 9.78 Å². The average molecular weight is 692 g/mol. The fraction of sp³-hybridized carbons (Fsp3) is 0.382. The van der Waals surface area contributed by atoms with Gasteiger partial charge in [0.05, 0.1) is 26.4 Å². The Morgan fingerprint density at radius 3 is 2.07 bits per heavy atom. The molecule has 0 saturated carbocycles. The van der Waals surface area contributed by atoms with Gasteiger partial charge in [-0.05, 0) is 49.1 Å². The van der Waals surface area contributed by atoms with Gasteiger partial charge in [0, 0.05) is 17.2 Å². The van der Waals surface area contributed by atoms with E-state index in [1.807, 2.05) is 6.07 Å². The zero-order valence-electron chi connectivity index (χ0n) is 25.4. The minimum Gasteiger partial charge on any atom is -0.862 e. The average Bonchev–Trinajstić information content (AvgIpc) is 3.32. The first-order valence-corrected chi connectivity index (χ1v) is 17.1. The van der Waals surface area contributed by atoms with Crippen LogP contribution in [0, 0.1) is 0 Å². The van der Waals surface area contributed by atoms with Crippen LogP contribution in [0.4, 0.5) is 17.2 Å². The third-order valence-electron chi connectivity index (χ3n) is 7.50. The Balaban J connectivity index is 1.46. The Kier molecular flexibility index (Phi) is 13.7. The lowest BCUT2D eigenvalue weighted by Gasteiger charge is -2.12. The molecule has 0 aliphatic carbocycles. The number of benzene rings is 2. The summed E-state index contributed by atoms with van der Waals surface area (Å²) in [6.45, 7) is 2.24. The Bertz CT molecular complexity index is 1610. The van der Waals surface area contributed by atoms with Crippen molar-refractivity contribution in [1.29, 1.82) is 0 Å². The van der Waals surface area contributed by atoms with Crippen molar-refractivity contribution in [3.63, 3.8) is 0 Å². The van der Waals surface area contributed by atoms with Gasteiger partial charge in [0.2, 0.25) is 5.82 Å². The molecule has 0 amide bonds. The van der Waals surface area contributed by atoms with E-state index in [0.717, 1.165) is 19.3 Å². The molecule has 0 bridgehead atoms. The SMILES string of the molecule is CCCCCCCCCCCCCC([O-])=Nc1ccc(Cl)c(Nc2[nH]n(-c3c(Cl)cc(Cl)cc3Cl)c(=O)c2-[n+]2ccccc2)c1. The topological polar surface area (TPSA) is 89.1 Å². The van der Waals surface area contributed by atoms with E-state index in [0.29, 0.717) is 33.7 Å². The number of hydrogen-bond donors (Lipinski definition) is 2. The van der Waals surface area contributed by atoms with Crippen molar-refractivity contribution in [2.75, 3.05) is 5.32 Å². The van der Waals surface area contributed by atoms with E-state index in [9.17, 15) is 9.90 Å². The van der Waals surface area contributed by atoms with Crippen molar-refractivity contribution in [3.05, 3.63) is 91.4 Å². The largest absolute Gasteiger partial charge is 0.862 e. The van der Waals surface area contributed by atoms with Crippen LogP contribution >= 0.6 is 46.4 Å². The third-order valence-corrected chi connectivity index (χ3v) is 8.63. The lowest BCUT2D eigenvalue weighted by atomic mass is 10.1. The Morgan fingerprint density at radius 2 is 1.44 bits per heavy atom. The predicted molar refractivity (Wildman–Crippen MR) is 186 cm³/mol. The van der Waals surface area contributed by atoms with E-state index in [-0.39, 0.29) is 27.3 Å². The second-order valence-corrected chi connectivity index (χ2v) is 12.7. The molecule has 0 aliphatic rings. The fourth-order valence-electron chi connectivity index (χ4n) is 5.16. The first kappa shape index (κ1) is 34.9. The second-order valence-electron chi connectivity index (χ2n) is 11.1. The number of nitrogens with one attached hydrogen (secondary N) is 2. The molecular weight excluding hydrogens is 652 g/mol. The fourth-order valence-corrected chi connectivity index (χ4v) is 6.31. The number of aromatic amines is 1. The van der Waals surface area contributed by atoms with Gasteiger partial charge in [0.15, 0.2) is 12.4 Å². The molecule has 0 fully saturated rings. The zero-order chi connectivity index (χ0) is 32.2. The third kappa shape index (κ3) is 10.0. The molecule has 11 heteroatoms. The van der Waals surface area contributed by atoms with E-state index >= 15 is 0 Å². The van der Waals surface area contributed by atoms with Gasteiger partial charge in [0.25, 0.3) is 0 Å². The molecule has 0 radical (unpaired) electrons. The Labute approximate surface area is 284 Å². The van der Waals surface area contributed by atoms with Crippen LogP contribution in [0.1, 0.15) is 84.0 Å². The molecule has 0 spiro atoms. The first-order chi connectivity index (χ1) is 21.8. The van der Waals surface area contributed by atoms with E-state index in [2.05, 4.69) is 22.3 Å². The summed E-state index contributed by atoms with van der Waals surface area (Å²) >= 11 is 25.6. The van der Waals surface area contributed by atoms with Gasteiger partial charge in [-0.15, -0.1) is 0 Å². The van der Waals surface area contributed by atoms with Crippen molar-refractivity contribution in [2.24, 2.45) is 4.99 Å². The lowest BCUT2D eigenvalue weighted by molar-refractivity contribution is -0.595. The van der Waals surface area contributed by atoms with Crippen LogP contribution in [0.3, 0.4) is 0 Å². The highest BCUT2D eigenvalue weighted by atomic mass is 35.5. The molecule has 2 N–H and O–H groups in total. The van der Waals surface area contributed by atoms with Crippen LogP contribution in [0.5, 0.6) is 0 Å². The Hall–Kier alpha value is -2.97. The van der Waals surface area contributed by atoms with Crippen LogP contribution in [0.15, 0.2) is 70.7 Å². The number of anilines is 2. The molecule has 45 heavy (non-hydrogen) atoms. The van der Waals surface area contributed by atoms with Crippen LogP contribution in [0.25, 0.3) is 11.4 Å². The number of aliphatic imine (C=N–C) groups is 1. The Morgan fingerprint density at radius 1 is 0.844 bits per heavy atom. The molecule has 2 heterocycles. The predicted octanol–water partition coefficient (Wildman–Crippen LogP) is 9.89. The molecular formula is C34H39Cl4N5O2. The van der Waals surface area contributed by atoms with Crippen LogP contribution in [-0.2, 0) is 0 Å². The minimum absolute atomic E-state index is 0.175. The molecule has 240 valence electrons. The van der Waals surface area contributed by atoms with Gasteiger partial charge in [-0.3, -0.25) is 14.9 Å². The summed E-state index contributed by atoms with van der Waals surface area (Å²) in [6, 6.07) is 13.5. The van der Waals surface area contributed by atoms with Gasteiger partial charge < -0.3 is 10.4 Å². The minimum atomic E-state index is -0.418. The van der Waals surface area contributed by atoms with Crippen molar-refractivity contribution >= 4 is 69.5 Å². The van der Waals surface area contributed by atoms with E-state index < -0.39 is 5.56 Å². The quantitative estimate of drug-likeness (QED) is 0.0500. The van der Waals surface area contributed by atoms with Gasteiger partial charge in [-0.25, -0.2) is 4.68 Å². The molecule has 2 aromatic heterocycles. The van der Waals surface area contributed by atoms with Gasteiger partial charge in [0.1, 0.15) is 5.69 Å². The number of hydrogen-bond acceptors (Lipinski definition) is 4. The van der Waals surface area contributed by atoms with E-state index in [1.165, 1.54) is 68.2 Å². The molecule has 2 aromatic carbocycles. The standard InChI is InChI=1S/C34H39Cl4N5O2/c1-2-3-4-5-6-7-8-9-10-11-13-16-30(44)39-25-17-18-26(36)29(23-25)40-33-32(42-19-14-12-15-20-42)34(45)43(41-33)31-27(37)21-24(35)22-28(31)38/h12,14-15,17-23H,2-11,13,16H2,1H3,(H2-,39,40,41,44,45). The molecule has 4 aromatic rings. The number of H-pyrrole nitrogens is 1. The van der Waals surface area contributed by atoms with Gasteiger partial charge in [-0.2, -0.15) is 4.57 Å². The summed E-state index contributed by atoms with van der Waals surface area (Å²) in [5.74, 6) is 0.149. The summed E-state index contributed by atoms with van der Waals surface area (Å²) in [7, 11) is 0. The first-order valence-electron chi connectivity index (χ1n) is 15.6. The molecule has 0 saturated heterocycles. The summed E-state index contributed by atoms with van der Waals surface area (Å²) in [6.07, 6.45) is 17.3. The number of nitrogens with zero attached hydrogens (tertiary/aromatic N) is 3. The summed E-state index contributed by atoms with van der Waals surface area (Å²) in [5.41, 5.74) is 1.03. The lowest BCUT2D eigenvalue weighted by Crippen LogP contribution is -2.36. The summed E-state index contributed by atoms with van der Waals surface area (Å²) in [5, 5.41) is 20.0. The highest BCUT2D eigenvalue weighted by Gasteiger charge is 2.27. The summed E-state index contributed by atoms with van der Waals surface area (Å²) < 4.78 is 2.91. The van der Waals surface area contributed by atoms with Crippen LogP contribution < -0.4 is 20.5 Å². The van der Waals surface area contributed by atoms with E-state index in [4.69, 9.17) is 46.4 Å². The van der Waals surface area contributed by atoms with Crippen LogP contribution in [-0.4, -0.2) is 15.7 Å². The smallest absolute Gasteiger partial charge is 0.346 e. The number of aromatic nitrogens is 3. The van der Waals surface area contributed by atoms with Crippen molar-refractivity contribution in [3.8, 4) is 11.4 Å². The van der Waals surface area contributed by atoms with E-state index in [1.54, 1.807) is 47.3 Å². The monoisotopic (exact) mass is 689 g/mol. The normalized spacial score (nSPS) is 11.7. The maximum Gasteiger partial charge on any atom is 0.346 e. The maximum atomic E-state index is 13.7. The maximum absolute atomic E-state index is 13.7. The molecule has 7 nitrogen and oxygen atoms in total. The number of rotatable bonds is 17. The van der Waals surface area contributed by atoms with Crippen LogP contribution in [0.2, 0.25) is 20.1 Å². The summed E-state index contributed by atoms with van der Waals surface area (Å²) in [4.78, 5) is 18.0. The molecule has 0 unspecified atom stereocenters. The van der Waals surface area contributed by atoms with Gasteiger partial charge >= 0.3 is 11.2 Å². The highest BCUT2D eigenvalue weighted by molar-refractivity contribution is 6.40. The highest BCUT2D eigenvalue weighted by Crippen LogP contribution is 2.34. The second kappa shape index (κ2) is 17.7. The van der Waals surface area contributed by atoms with Crippen molar-refractivity contribution < 1.29 is 9.67 Å². The van der Waals surface area contributed by atoms with Gasteiger partial charge in [-0.1, -0.05) is 124 Å². The number of pyridine rings is 1. The zero-order valence-corrected chi connectivity index (χ0v) is 28.5.